The minimum absolute atomic E-state index is 0.613. The summed E-state index contributed by atoms with van der Waals surface area (Å²) >= 11 is 6.37. The molecular weight excluding hydrogens is 466 g/mol. The lowest BCUT2D eigenvalue weighted by Gasteiger charge is -2.24. The number of azo groups is 1. The van der Waals surface area contributed by atoms with Crippen molar-refractivity contribution in [1.82, 2.24) is 9.38 Å². The molecule has 0 bridgehead atoms. The van der Waals surface area contributed by atoms with Crippen LogP contribution in [-0.2, 0) is 14.6 Å². The normalized spacial score (nSPS) is 12.1. The summed E-state index contributed by atoms with van der Waals surface area (Å²) in [4.78, 5) is 4.54. The van der Waals surface area contributed by atoms with E-state index in [-0.39, 0.29) is 0 Å². The first-order chi connectivity index (χ1) is 15.3. The quantitative estimate of drug-likeness (QED) is 0.219. The zero-order valence-electron chi connectivity index (χ0n) is 20.3. The lowest BCUT2D eigenvalue weighted by Crippen LogP contribution is -2.34. The number of rotatable bonds is 9. The van der Waals surface area contributed by atoms with Gasteiger partial charge in [-0.25, -0.2) is 8.42 Å². The Bertz CT molecular complexity index is 1010. The average molecular weight is 500 g/mol. The Morgan fingerprint density at radius 1 is 1.03 bits per heavy atom. The van der Waals surface area contributed by atoms with E-state index in [1.54, 1.807) is 0 Å². The first-order valence-electron chi connectivity index (χ1n) is 10.3. The van der Waals surface area contributed by atoms with E-state index < -0.39 is 10.4 Å². The van der Waals surface area contributed by atoms with Crippen LogP contribution in [0.15, 0.2) is 52.7 Å². The van der Waals surface area contributed by atoms with E-state index in [0.717, 1.165) is 38.1 Å². The van der Waals surface area contributed by atoms with Gasteiger partial charge in [-0.3, -0.25) is 8.67 Å². The maximum absolute atomic E-state index is 9.22. The molecule has 0 radical (unpaired) electrons. The van der Waals surface area contributed by atoms with Crippen molar-refractivity contribution in [2.45, 2.75) is 6.92 Å². The summed E-state index contributed by atoms with van der Waals surface area (Å²) in [6.45, 7) is 5.17. The highest BCUT2D eigenvalue weighted by atomic mass is 35.5. The van der Waals surface area contributed by atoms with Gasteiger partial charge in [-0.2, -0.15) is 5.11 Å². The number of hydrogen-bond acceptors (Lipinski definition) is 8. The standard InChI is InChI=1S/C21H31ClN5.CH4O4S/c1-7-26(15-14-25(2)3)18-10-8-17(9-11-18)23-24-21-13-12-19(16-20(21)22)27(4,5)6;1-5-6(2,3)4/h8-13,16H,7,14-15H2,1-6H3;1H3,(H,2,3,4)/q+1;/p-1. The summed E-state index contributed by atoms with van der Waals surface area (Å²) in [7, 11) is 6.89. The molecule has 0 saturated heterocycles. The minimum Gasteiger partial charge on any atom is -0.726 e. The summed E-state index contributed by atoms with van der Waals surface area (Å²) in [6.07, 6.45) is 0. The minimum atomic E-state index is -4.41. The third kappa shape index (κ3) is 11.1. The molecule has 0 fully saturated rings. The van der Waals surface area contributed by atoms with E-state index in [1.165, 1.54) is 5.69 Å². The maximum Gasteiger partial charge on any atom is 0.217 e. The van der Waals surface area contributed by atoms with Crippen molar-refractivity contribution in [2.24, 2.45) is 10.2 Å². The summed E-state index contributed by atoms with van der Waals surface area (Å²) in [6, 6.07) is 14.1. The summed E-state index contributed by atoms with van der Waals surface area (Å²) in [5.74, 6) is 0. The molecule has 2 aromatic carbocycles. The molecule has 0 heterocycles. The summed E-state index contributed by atoms with van der Waals surface area (Å²) < 4.78 is 31.7. The predicted molar refractivity (Wildman–Crippen MR) is 135 cm³/mol. The van der Waals surface area contributed by atoms with Gasteiger partial charge in [-0.05, 0) is 51.4 Å². The van der Waals surface area contributed by atoms with Gasteiger partial charge in [0.2, 0.25) is 10.4 Å². The zero-order valence-corrected chi connectivity index (χ0v) is 21.9. The summed E-state index contributed by atoms with van der Waals surface area (Å²) in [5, 5.41) is 9.27. The Hall–Kier alpha value is -2.08. The van der Waals surface area contributed by atoms with Gasteiger partial charge in [0.15, 0.2) is 0 Å². The Morgan fingerprint density at radius 3 is 2.03 bits per heavy atom. The molecule has 0 atom stereocenters. The highest BCUT2D eigenvalue weighted by Gasteiger charge is 2.14. The van der Waals surface area contributed by atoms with Gasteiger partial charge in [0.05, 0.1) is 39.0 Å². The molecule has 0 unspecified atom stereocenters. The van der Waals surface area contributed by atoms with Crippen LogP contribution in [0.2, 0.25) is 5.02 Å². The number of halogens is 1. The van der Waals surface area contributed by atoms with Crippen LogP contribution in [0.4, 0.5) is 22.7 Å². The molecule has 33 heavy (non-hydrogen) atoms. The molecule has 2 rings (SSSR count). The van der Waals surface area contributed by atoms with Crippen LogP contribution in [0, 0.1) is 0 Å². The molecule has 0 N–H and O–H groups in total. The van der Waals surface area contributed by atoms with E-state index in [0.29, 0.717) is 15.2 Å². The fraction of sp³-hybridized carbons (Fsp3) is 0.455. The van der Waals surface area contributed by atoms with Crippen LogP contribution in [-0.4, -0.2) is 79.9 Å². The number of quaternary nitrogens is 1. The van der Waals surface area contributed by atoms with Crippen molar-refractivity contribution in [1.29, 1.82) is 0 Å². The summed E-state index contributed by atoms with van der Waals surface area (Å²) in [5.41, 5.74) is 3.82. The molecular formula is C22H34ClN5O4S. The van der Waals surface area contributed by atoms with Gasteiger partial charge in [-0.1, -0.05) is 11.6 Å². The highest BCUT2D eigenvalue weighted by Crippen LogP contribution is 2.32. The molecule has 9 nitrogen and oxygen atoms in total. The second-order valence-electron chi connectivity index (χ2n) is 8.32. The fourth-order valence-electron chi connectivity index (χ4n) is 2.63. The van der Waals surface area contributed by atoms with Crippen molar-refractivity contribution < 1.29 is 17.2 Å². The van der Waals surface area contributed by atoms with Gasteiger partial charge in [0.1, 0.15) is 11.4 Å². The first kappa shape index (κ1) is 29.0. The van der Waals surface area contributed by atoms with Gasteiger partial charge < -0.3 is 14.4 Å². The number of benzene rings is 2. The molecule has 2 aromatic rings. The second kappa shape index (κ2) is 13.0. The largest absolute Gasteiger partial charge is 0.726 e. The number of likely N-dealkylation sites (N-methyl/N-ethyl adjacent to an activating group) is 2. The van der Waals surface area contributed by atoms with Crippen molar-refractivity contribution in [2.75, 3.05) is 66.9 Å². The maximum atomic E-state index is 9.22. The molecule has 0 aliphatic carbocycles. The van der Waals surface area contributed by atoms with E-state index in [2.05, 4.69) is 78.5 Å². The molecule has 0 spiro atoms. The zero-order chi connectivity index (χ0) is 25.2. The molecule has 0 aromatic heterocycles. The van der Waals surface area contributed by atoms with Crippen LogP contribution in [0.25, 0.3) is 0 Å². The molecule has 0 amide bonds. The number of anilines is 1. The molecule has 0 aliphatic heterocycles. The van der Waals surface area contributed by atoms with E-state index >= 15 is 0 Å². The van der Waals surface area contributed by atoms with Gasteiger partial charge >= 0.3 is 0 Å². The Balaban J connectivity index is 0.000000801. The third-order valence-corrected chi connectivity index (χ3v) is 5.31. The molecule has 0 aliphatic rings. The molecule has 184 valence electrons. The van der Waals surface area contributed by atoms with Gasteiger partial charge in [0.25, 0.3) is 0 Å². The lowest BCUT2D eigenvalue weighted by molar-refractivity contribution is 0.314. The van der Waals surface area contributed by atoms with Crippen molar-refractivity contribution >= 4 is 44.7 Å². The molecule has 0 saturated carbocycles. The van der Waals surface area contributed by atoms with Gasteiger partial charge in [-0.15, -0.1) is 5.11 Å². The molecule has 11 heteroatoms. The smallest absolute Gasteiger partial charge is 0.217 e. The Labute approximate surface area is 202 Å². The first-order valence-corrected chi connectivity index (χ1v) is 12.0. The van der Waals surface area contributed by atoms with Gasteiger partial charge in [0, 0.05) is 37.5 Å². The van der Waals surface area contributed by atoms with Crippen LogP contribution in [0.3, 0.4) is 0 Å². The van der Waals surface area contributed by atoms with E-state index in [1.807, 2.05) is 30.3 Å². The monoisotopic (exact) mass is 499 g/mol. The van der Waals surface area contributed by atoms with Crippen molar-refractivity contribution in [3.05, 3.63) is 47.5 Å². The van der Waals surface area contributed by atoms with Crippen molar-refractivity contribution in [3.63, 3.8) is 0 Å². The fourth-order valence-corrected chi connectivity index (χ4v) is 2.84. The highest BCUT2D eigenvalue weighted by molar-refractivity contribution is 7.80. The number of nitrogens with zero attached hydrogens (tertiary/aromatic N) is 5. The average Bonchev–Trinajstić information content (AvgIpc) is 2.73. The topological polar surface area (TPSA) is 97.6 Å². The predicted octanol–water partition coefficient (Wildman–Crippen LogP) is 4.43. The van der Waals surface area contributed by atoms with Crippen LogP contribution >= 0.6 is 11.6 Å². The Morgan fingerprint density at radius 2 is 1.61 bits per heavy atom. The Kier molecular flexibility index (Phi) is 11.4. The third-order valence-electron chi connectivity index (χ3n) is 4.60. The van der Waals surface area contributed by atoms with Crippen LogP contribution in [0.1, 0.15) is 6.92 Å². The van der Waals surface area contributed by atoms with Crippen LogP contribution in [0.5, 0.6) is 0 Å². The van der Waals surface area contributed by atoms with Crippen LogP contribution < -0.4 is 9.38 Å². The van der Waals surface area contributed by atoms with E-state index in [4.69, 9.17) is 11.6 Å². The number of hydrogen-bond donors (Lipinski definition) is 0. The van der Waals surface area contributed by atoms with Crippen molar-refractivity contribution in [3.8, 4) is 0 Å². The SMILES string of the molecule is CCN(CCN(C)C)c1ccc(N=Nc2ccc([N+](C)(C)C)cc2Cl)cc1.COS(=O)(=O)[O-]. The lowest BCUT2D eigenvalue weighted by atomic mass is 10.2. The second-order valence-corrected chi connectivity index (χ2v) is 9.88. The van der Waals surface area contributed by atoms with E-state index in [9.17, 15) is 13.0 Å².